The molecule has 0 unspecified atom stereocenters. The number of piperazine rings is 1. The lowest BCUT2D eigenvalue weighted by molar-refractivity contribution is -0.142. The molecule has 2 heterocycles. The molecule has 1 aliphatic rings. The zero-order valence-corrected chi connectivity index (χ0v) is 20.3. The lowest BCUT2D eigenvalue weighted by Crippen LogP contribution is -2.68. The summed E-state index contributed by atoms with van der Waals surface area (Å²) in [4.78, 5) is 19.5. The van der Waals surface area contributed by atoms with Gasteiger partial charge in [0.1, 0.15) is 11.6 Å². The van der Waals surface area contributed by atoms with Crippen LogP contribution in [-0.2, 0) is 4.79 Å². The van der Waals surface area contributed by atoms with Crippen molar-refractivity contribution >= 4 is 28.4 Å². The van der Waals surface area contributed by atoms with Gasteiger partial charge in [-0.25, -0.2) is 4.39 Å². The summed E-state index contributed by atoms with van der Waals surface area (Å²) in [5.74, 6) is 0.136. The third kappa shape index (κ3) is 5.12. The van der Waals surface area contributed by atoms with Crippen molar-refractivity contribution in [1.82, 2.24) is 15.2 Å². The molecule has 1 N–H and O–H groups in total. The molecule has 5 nitrogen and oxygen atoms in total. The number of nitrogens with one attached hydrogen (secondary N) is 1. The summed E-state index contributed by atoms with van der Waals surface area (Å²) in [6.07, 6.45) is 1.04. The number of ether oxygens (including phenoxy) is 1. The van der Waals surface area contributed by atoms with Crippen LogP contribution >= 0.6 is 11.6 Å². The van der Waals surface area contributed by atoms with Crippen LogP contribution in [0, 0.1) is 5.82 Å². The SMILES string of the molecule is C[C@@H](Oc1ccc2c(-c3ccc(F)cc3Cl)ccnc2c1)C(=O)N1CC(C)(C)NC(C)(C)C1. The first-order valence-corrected chi connectivity index (χ1v) is 11.4. The van der Waals surface area contributed by atoms with Gasteiger partial charge in [-0.1, -0.05) is 11.6 Å². The van der Waals surface area contributed by atoms with Gasteiger partial charge >= 0.3 is 0 Å². The third-order valence-corrected chi connectivity index (χ3v) is 6.07. The summed E-state index contributed by atoms with van der Waals surface area (Å²) in [5.41, 5.74) is 1.93. The van der Waals surface area contributed by atoms with E-state index < -0.39 is 6.10 Å². The quantitative estimate of drug-likeness (QED) is 0.552. The van der Waals surface area contributed by atoms with Crippen LogP contribution < -0.4 is 10.1 Å². The minimum atomic E-state index is -0.637. The summed E-state index contributed by atoms with van der Waals surface area (Å²) in [5, 5.41) is 4.78. The van der Waals surface area contributed by atoms with Crippen LogP contribution in [0.15, 0.2) is 48.7 Å². The zero-order chi connectivity index (χ0) is 24.0. The van der Waals surface area contributed by atoms with E-state index in [0.29, 0.717) is 29.4 Å². The lowest BCUT2D eigenvalue weighted by Gasteiger charge is -2.48. The highest BCUT2D eigenvalue weighted by Crippen LogP contribution is 2.34. The summed E-state index contributed by atoms with van der Waals surface area (Å²) < 4.78 is 19.5. The fourth-order valence-corrected chi connectivity index (χ4v) is 5.09. The average molecular weight is 470 g/mol. The van der Waals surface area contributed by atoms with Crippen molar-refractivity contribution in [2.24, 2.45) is 0 Å². The van der Waals surface area contributed by atoms with Crippen LogP contribution in [-0.4, -0.2) is 46.1 Å². The Morgan fingerprint density at radius 2 is 1.79 bits per heavy atom. The van der Waals surface area contributed by atoms with E-state index in [9.17, 15) is 9.18 Å². The van der Waals surface area contributed by atoms with Crippen LogP contribution in [0.3, 0.4) is 0 Å². The number of rotatable bonds is 4. The van der Waals surface area contributed by atoms with Gasteiger partial charge in [0.05, 0.1) is 10.5 Å². The first kappa shape index (κ1) is 23.5. The van der Waals surface area contributed by atoms with Crippen molar-refractivity contribution < 1.29 is 13.9 Å². The first-order valence-electron chi connectivity index (χ1n) is 11.0. The second-order valence-electron chi connectivity index (χ2n) is 10.0. The molecule has 1 amide bonds. The molecule has 0 radical (unpaired) electrons. The number of halogens is 2. The fourth-order valence-electron chi connectivity index (χ4n) is 4.82. The summed E-state index contributed by atoms with van der Waals surface area (Å²) in [6.45, 7) is 11.4. The monoisotopic (exact) mass is 469 g/mol. The van der Waals surface area contributed by atoms with Gasteiger partial charge < -0.3 is 15.0 Å². The second kappa shape index (κ2) is 8.58. The number of hydrogen-bond acceptors (Lipinski definition) is 4. The molecule has 1 atom stereocenters. The van der Waals surface area contributed by atoms with Gasteiger partial charge in [0.15, 0.2) is 6.10 Å². The van der Waals surface area contributed by atoms with Gasteiger partial charge in [0.2, 0.25) is 0 Å². The minimum Gasteiger partial charge on any atom is -0.481 e. The molecule has 0 saturated carbocycles. The maximum absolute atomic E-state index is 13.5. The topological polar surface area (TPSA) is 54.5 Å². The Labute approximate surface area is 198 Å². The Bertz CT molecular complexity index is 1200. The Balaban J connectivity index is 1.56. The van der Waals surface area contributed by atoms with E-state index in [1.807, 2.05) is 29.2 Å². The maximum Gasteiger partial charge on any atom is 0.263 e. The molecule has 4 rings (SSSR count). The molecule has 1 fully saturated rings. The van der Waals surface area contributed by atoms with E-state index >= 15 is 0 Å². The number of fused-ring (bicyclic) bond motifs is 1. The second-order valence-corrected chi connectivity index (χ2v) is 10.4. The highest BCUT2D eigenvalue weighted by atomic mass is 35.5. The molecule has 1 saturated heterocycles. The average Bonchev–Trinajstić information content (AvgIpc) is 2.70. The normalized spacial score (nSPS) is 18.2. The Hall–Kier alpha value is -2.70. The summed E-state index contributed by atoms with van der Waals surface area (Å²) >= 11 is 6.28. The maximum atomic E-state index is 13.5. The smallest absolute Gasteiger partial charge is 0.263 e. The standard InChI is InChI=1S/C26H29ClFN3O2/c1-16(24(32)31-14-25(2,3)30-26(4,5)15-31)33-18-7-9-21-19(10-11-29-23(21)13-18)20-8-6-17(28)12-22(20)27/h6-13,16,30H,14-15H2,1-5H3/t16-/m1/s1. The van der Waals surface area contributed by atoms with Crippen molar-refractivity contribution in [2.45, 2.75) is 51.8 Å². The van der Waals surface area contributed by atoms with Gasteiger partial charge in [-0.15, -0.1) is 0 Å². The zero-order valence-electron chi connectivity index (χ0n) is 19.6. The van der Waals surface area contributed by atoms with E-state index in [1.54, 1.807) is 19.2 Å². The van der Waals surface area contributed by atoms with Crippen molar-refractivity contribution in [3.8, 4) is 16.9 Å². The molecule has 33 heavy (non-hydrogen) atoms. The van der Waals surface area contributed by atoms with Crippen LogP contribution in [0.25, 0.3) is 22.0 Å². The van der Waals surface area contributed by atoms with Crippen LogP contribution in [0.1, 0.15) is 34.6 Å². The van der Waals surface area contributed by atoms with Crippen molar-refractivity contribution in [2.75, 3.05) is 13.1 Å². The molecule has 0 spiro atoms. The molecular formula is C26H29ClFN3O2. The molecule has 0 bridgehead atoms. The number of nitrogens with zero attached hydrogens (tertiary/aromatic N) is 2. The minimum absolute atomic E-state index is 0.0439. The molecule has 2 aromatic carbocycles. The van der Waals surface area contributed by atoms with E-state index in [-0.39, 0.29) is 22.8 Å². The number of hydrogen-bond donors (Lipinski definition) is 1. The van der Waals surface area contributed by atoms with Crippen LogP contribution in [0.4, 0.5) is 4.39 Å². The van der Waals surface area contributed by atoms with Crippen molar-refractivity contribution in [1.29, 1.82) is 0 Å². The molecule has 1 aliphatic heterocycles. The number of pyridine rings is 1. The van der Waals surface area contributed by atoms with Gasteiger partial charge in [-0.2, -0.15) is 0 Å². The number of carbonyl (C=O) groups is 1. The number of carbonyl (C=O) groups excluding carboxylic acids is 1. The predicted octanol–water partition coefficient (Wildman–Crippen LogP) is 5.45. The van der Waals surface area contributed by atoms with Crippen molar-refractivity contribution in [3.63, 3.8) is 0 Å². The van der Waals surface area contributed by atoms with Crippen molar-refractivity contribution in [3.05, 3.63) is 59.5 Å². The van der Waals surface area contributed by atoms with Gasteiger partial charge in [-0.05, 0) is 76.6 Å². The fraction of sp³-hybridized carbons (Fsp3) is 0.385. The highest BCUT2D eigenvalue weighted by Gasteiger charge is 2.39. The van der Waals surface area contributed by atoms with Crippen LogP contribution in [0.5, 0.6) is 5.75 Å². The summed E-state index contributed by atoms with van der Waals surface area (Å²) in [7, 11) is 0. The molecular weight excluding hydrogens is 441 g/mol. The number of amides is 1. The molecule has 174 valence electrons. The number of aromatic nitrogens is 1. The van der Waals surface area contributed by atoms with Gasteiger partial charge in [-0.3, -0.25) is 9.78 Å². The van der Waals surface area contributed by atoms with Gasteiger partial charge in [0, 0.05) is 47.4 Å². The summed E-state index contributed by atoms with van der Waals surface area (Å²) in [6, 6.07) is 11.7. The first-order chi connectivity index (χ1) is 15.4. The highest BCUT2D eigenvalue weighted by molar-refractivity contribution is 6.33. The molecule has 3 aromatic rings. The lowest BCUT2D eigenvalue weighted by atomic mass is 9.91. The molecule has 1 aromatic heterocycles. The van der Waals surface area contributed by atoms with E-state index in [4.69, 9.17) is 16.3 Å². The van der Waals surface area contributed by atoms with Crippen LogP contribution in [0.2, 0.25) is 5.02 Å². The van der Waals surface area contributed by atoms with E-state index in [2.05, 4.69) is 38.0 Å². The largest absolute Gasteiger partial charge is 0.481 e. The van der Waals surface area contributed by atoms with E-state index in [0.717, 1.165) is 16.5 Å². The predicted molar refractivity (Wildman–Crippen MR) is 130 cm³/mol. The Kier molecular flexibility index (Phi) is 6.10. The molecule has 7 heteroatoms. The van der Waals surface area contributed by atoms with Gasteiger partial charge in [0.25, 0.3) is 5.91 Å². The molecule has 0 aliphatic carbocycles. The Morgan fingerprint density at radius 3 is 2.45 bits per heavy atom. The van der Waals surface area contributed by atoms with E-state index in [1.165, 1.54) is 12.1 Å². The third-order valence-electron chi connectivity index (χ3n) is 5.76. The Morgan fingerprint density at radius 1 is 1.09 bits per heavy atom. The number of benzene rings is 2.